The van der Waals surface area contributed by atoms with Crippen LogP contribution in [0.5, 0.6) is 0 Å². The molecule has 6 nitrogen and oxygen atoms in total. The molecule has 0 radical (unpaired) electrons. The maximum absolute atomic E-state index is 13.7. The van der Waals surface area contributed by atoms with Gasteiger partial charge in [-0.1, -0.05) is 36.4 Å². The monoisotopic (exact) mass is 385 g/mol. The Labute approximate surface area is 169 Å². The quantitative estimate of drug-likeness (QED) is 0.535. The van der Waals surface area contributed by atoms with Gasteiger partial charge in [0.15, 0.2) is 5.65 Å². The van der Waals surface area contributed by atoms with Crippen molar-refractivity contribution in [3.05, 3.63) is 89.0 Å². The first-order valence-electron chi connectivity index (χ1n) is 9.51. The second-order valence-electron chi connectivity index (χ2n) is 7.20. The molecule has 0 fully saturated rings. The minimum absolute atomic E-state index is 0.0869. The minimum Gasteiger partial charge on any atom is -0.329 e. The van der Waals surface area contributed by atoms with Crippen molar-refractivity contribution in [3.63, 3.8) is 0 Å². The maximum Gasteiger partial charge on any atom is 0.255 e. The molecular formula is C23H23N5O. The van der Waals surface area contributed by atoms with Crippen molar-refractivity contribution in [2.75, 3.05) is 7.05 Å². The highest BCUT2D eigenvalue weighted by Gasteiger charge is 2.28. The van der Waals surface area contributed by atoms with Crippen LogP contribution in [0.15, 0.2) is 60.8 Å². The molecule has 6 heteroatoms. The van der Waals surface area contributed by atoms with E-state index in [-0.39, 0.29) is 11.9 Å². The molecule has 0 saturated carbocycles. The number of fused-ring (bicyclic) bond motifs is 1. The topological polar surface area (TPSA) is 63.9 Å². The third-order valence-electron chi connectivity index (χ3n) is 5.12. The number of aryl methyl sites for hydroxylation is 3. The molecule has 0 aliphatic carbocycles. The fourth-order valence-corrected chi connectivity index (χ4v) is 3.81. The Morgan fingerprint density at radius 2 is 1.79 bits per heavy atom. The SMILES string of the molecule is Cc1cc(C(=O)N(C)[C@H](c2ccccc2)c2ccccn2)c2c(C)nn(C)c2n1. The van der Waals surface area contributed by atoms with E-state index in [0.717, 1.165) is 28.0 Å². The average Bonchev–Trinajstić information content (AvgIpc) is 3.02. The molecule has 0 unspecified atom stereocenters. The van der Waals surface area contributed by atoms with Gasteiger partial charge in [-0.15, -0.1) is 0 Å². The van der Waals surface area contributed by atoms with Crippen LogP contribution in [0.2, 0.25) is 0 Å². The van der Waals surface area contributed by atoms with Crippen molar-refractivity contribution >= 4 is 16.9 Å². The molecule has 0 spiro atoms. The van der Waals surface area contributed by atoms with E-state index in [1.807, 2.05) is 82.5 Å². The first kappa shape index (κ1) is 18.8. The van der Waals surface area contributed by atoms with Crippen LogP contribution in [-0.4, -0.2) is 37.6 Å². The van der Waals surface area contributed by atoms with Crippen LogP contribution in [0, 0.1) is 13.8 Å². The predicted octanol–water partition coefficient (Wildman–Crippen LogP) is 3.84. The maximum atomic E-state index is 13.7. The zero-order valence-electron chi connectivity index (χ0n) is 17.0. The van der Waals surface area contributed by atoms with E-state index in [1.165, 1.54) is 0 Å². The average molecular weight is 385 g/mol. The van der Waals surface area contributed by atoms with Gasteiger partial charge in [0.1, 0.15) is 0 Å². The molecule has 0 saturated heterocycles. The molecule has 0 bridgehead atoms. The van der Waals surface area contributed by atoms with Crippen molar-refractivity contribution < 1.29 is 4.79 Å². The summed E-state index contributed by atoms with van der Waals surface area (Å²) >= 11 is 0. The molecule has 1 aromatic carbocycles. The highest BCUT2D eigenvalue weighted by molar-refractivity contribution is 6.06. The Balaban J connectivity index is 1.85. The van der Waals surface area contributed by atoms with Gasteiger partial charge < -0.3 is 4.90 Å². The number of aromatic nitrogens is 4. The number of carbonyl (C=O) groups is 1. The van der Waals surface area contributed by atoms with Crippen molar-refractivity contribution in [3.8, 4) is 0 Å². The summed E-state index contributed by atoms with van der Waals surface area (Å²) in [6.07, 6.45) is 1.75. The van der Waals surface area contributed by atoms with Crippen LogP contribution in [0.4, 0.5) is 0 Å². The molecule has 3 heterocycles. The van der Waals surface area contributed by atoms with E-state index in [0.29, 0.717) is 11.2 Å². The molecule has 4 rings (SSSR count). The number of hydrogen-bond donors (Lipinski definition) is 0. The summed E-state index contributed by atoms with van der Waals surface area (Å²) < 4.78 is 1.72. The fourth-order valence-electron chi connectivity index (χ4n) is 3.81. The molecule has 3 aromatic heterocycles. The normalized spacial score (nSPS) is 12.1. The summed E-state index contributed by atoms with van der Waals surface area (Å²) in [6, 6.07) is 17.3. The zero-order valence-corrected chi connectivity index (χ0v) is 17.0. The molecule has 4 aromatic rings. The van der Waals surface area contributed by atoms with Gasteiger partial charge >= 0.3 is 0 Å². The Morgan fingerprint density at radius 1 is 1.07 bits per heavy atom. The Hall–Kier alpha value is -3.54. The Bertz CT molecular complexity index is 1130. The van der Waals surface area contributed by atoms with Gasteiger partial charge in [-0.2, -0.15) is 5.10 Å². The summed E-state index contributed by atoms with van der Waals surface area (Å²) in [4.78, 5) is 24.6. The lowest BCUT2D eigenvalue weighted by atomic mass is 10.00. The summed E-state index contributed by atoms with van der Waals surface area (Å²) in [5.41, 5.74) is 4.73. The molecular weight excluding hydrogens is 362 g/mol. The molecule has 1 atom stereocenters. The second kappa shape index (κ2) is 7.47. The van der Waals surface area contributed by atoms with Gasteiger partial charge in [0.05, 0.1) is 28.4 Å². The zero-order chi connectivity index (χ0) is 20.5. The third-order valence-corrected chi connectivity index (χ3v) is 5.12. The summed E-state index contributed by atoms with van der Waals surface area (Å²) in [6.45, 7) is 3.80. The summed E-state index contributed by atoms with van der Waals surface area (Å²) in [5.74, 6) is -0.0869. The predicted molar refractivity (Wildman–Crippen MR) is 113 cm³/mol. The lowest BCUT2D eigenvalue weighted by molar-refractivity contribution is 0.0754. The van der Waals surface area contributed by atoms with Crippen molar-refractivity contribution in [1.82, 2.24) is 24.6 Å². The van der Waals surface area contributed by atoms with Crippen LogP contribution in [0.1, 0.15) is 39.0 Å². The van der Waals surface area contributed by atoms with Crippen LogP contribution >= 0.6 is 0 Å². The van der Waals surface area contributed by atoms with Crippen molar-refractivity contribution in [2.24, 2.45) is 7.05 Å². The standard InChI is InChI=1S/C23H23N5O/c1-15-14-18(20-16(2)26-28(4)22(20)25-15)23(29)27(3)21(17-10-6-5-7-11-17)19-12-8-9-13-24-19/h5-14,21H,1-4H3/t21-/m1/s1. The van der Waals surface area contributed by atoms with Gasteiger partial charge in [-0.3, -0.25) is 14.5 Å². The molecule has 29 heavy (non-hydrogen) atoms. The van der Waals surface area contributed by atoms with Crippen molar-refractivity contribution in [1.29, 1.82) is 0 Å². The highest BCUT2D eigenvalue weighted by atomic mass is 16.2. The van der Waals surface area contributed by atoms with Crippen LogP contribution in [-0.2, 0) is 7.05 Å². The first-order valence-corrected chi connectivity index (χ1v) is 9.51. The van der Waals surface area contributed by atoms with Gasteiger partial charge in [0, 0.05) is 26.0 Å². The van der Waals surface area contributed by atoms with E-state index in [4.69, 9.17) is 0 Å². The lowest BCUT2D eigenvalue weighted by Crippen LogP contribution is -2.32. The molecule has 0 aliphatic rings. The first-order chi connectivity index (χ1) is 14.0. The van der Waals surface area contributed by atoms with Crippen LogP contribution < -0.4 is 0 Å². The number of pyridine rings is 2. The Morgan fingerprint density at radius 3 is 2.48 bits per heavy atom. The summed E-state index contributed by atoms with van der Waals surface area (Å²) in [5, 5.41) is 5.26. The number of rotatable bonds is 4. The second-order valence-corrected chi connectivity index (χ2v) is 7.20. The summed E-state index contributed by atoms with van der Waals surface area (Å²) in [7, 11) is 3.67. The van der Waals surface area contributed by atoms with Gasteiger partial charge in [0.2, 0.25) is 0 Å². The number of amides is 1. The lowest BCUT2D eigenvalue weighted by Gasteiger charge is -2.28. The largest absolute Gasteiger partial charge is 0.329 e. The number of benzene rings is 1. The molecule has 0 N–H and O–H groups in total. The van der Waals surface area contributed by atoms with Gasteiger partial charge in [0.25, 0.3) is 5.91 Å². The van der Waals surface area contributed by atoms with E-state index in [2.05, 4.69) is 15.1 Å². The smallest absolute Gasteiger partial charge is 0.255 e. The van der Waals surface area contributed by atoms with Gasteiger partial charge in [-0.05, 0) is 37.6 Å². The molecule has 0 aliphatic heterocycles. The van der Waals surface area contributed by atoms with E-state index in [1.54, 1.807) is 15.8 Å². The fraction of sp³-hybridized carbons (Fsp3) is 0.217. The van der Waals surface area contributed by atoms with Gasteiger partial charge in [-0.25, -0.2) is 4.98 Å². The number of nitrogens with zero attached hydrogens (tertiary/aromatic N) is 5. The van der Waals surface area contributed by atoms with E-state index >= 15 is 0 Å². The highest BCUT2D eigenvalue weighted by Crippen LogP contribution is 2.30. The Kier molecular flexibility index (Phi) is 4.84. The third kappa shape index (κ3) is 3.38. The van der Waals surface area contributed by atoms with E-state index in [9.17, 15) is 4.79 Å². The number of carbonyl (C=O) groups excluding carboxylic acids is 1. The number of hydrogen-bond acceptors (Lipinski definition) is 4. The van der Waals surface area contributed by atoms with E-state index < -0.39 is 0 Å². The molecule has 1 amide bonds. The van der Waals surface area contributed by atoms with Crippen LogP contribution in [0.3, 0.4) is 0 Å². The molecule has 146 valence electrons. The van der Waals surface area contributed by atoms with Crippen molar-refractivity contribution in [2.45, 2.75) is 19.9 Å². The van der Waals surface area contributed by atoms with Crippen LogP contribution in [0.25, 0.3) is 11.0 Å². The minimum atomic E-state index is -0.301.